The molecule has 6 heteroatoms. The third-order valence-corrected chi connectivity index (χ3v) is 0. The molecule has 22 heavy (non-hydrogen) atoms. The zero-order valence-corrected chi connectivity index (χ0v) is 34.3. The molecule has 0 aromatic rings. The Balaban J connectivity index is -0.00000000125. The fraction of sp³-hybridized carbons (Fsp3) is 0.500. The molecule has 0 fully saturated rings. The number of hydrogen-bond acceptors (Lipinski definition) is 0. The van der Waals surface area contributed by atoms with Crippen LogP contribution in [0.4, 0.5) is 0 Å². The minimum absolute atomic E-state index is 0. The standard InChI is InChI=1S/8C2H5.4Bi.H2Se.HSe.7H2/c8*1-2;;;;;;;;;;;;;/h8*1H2,2H3;;;;;1H2;8*1H. The van der Waals surface area contributed by atoms with Crippen molar-refractivity contribution in [2.75, 3.05) is 0 Å². The van der Waals surface area contributed by atoms with Gasteiger partial charge in [0.15, 0.2) is 0 Å². The van der Waals surface area contributed by atoms with E-state index >= 15 is 0 Å². The van der Waals surface area contributed by atoms with Gasteiger partial charge in [-0.3, -0.25) is 0 Å². The molecule has 0 N–H and O–H groups in total. The maximum atomic E-state index is 3.25. The van der Waals surface area contributed by atoms with Crippen LogP contribution in [0.25, 0.3) is 0 Å². The first-order valence-corrected chi connectivity index (χ1v) is 5.66. The Morgan fingerprint density at radius 3 is 0.318 bits per heavy atom. The van der Waals surface area contributed by atoms with E-state index in [2.05, 4.69) is 55.4 Å². The Morgan fingerprint density at radius 1 is 0.318 bits per heavy atom. The first-order valence-electron chi connectivity index (χ1n) is 5.66. The van der Waals surface area contributed by atoms with Gasteiger partial charge in [0, 0.05) is 115 Å². The van der Waals surface area contributed by atoms with Crippen molar-refractivity contribution < 1.29 is 9.99 Å². The summed E-state index contributed by atoms with van der Waals surface area (Å²) in [7, 11) is 0. The summed E-state index contributed by atoms with van der Waals surface area (Å²) in [6, 6.07) is 0. The molecular weight excluding hydrogens is 1190 g/mol. The Morgan fingerprint density at radius 2 is 0.318 bits per heavy atom. The van der Waals surface area contributed by atoms with Crippen LogP contribution in [0.15, 0.2) is 0 Å². The molecule has 21 radical (unpaired) electrons. The molecule has 0 unspecified atom stereocenters. The van der Waals surface area contributed by atoms with Crippen molar-refractivity contribution in [2.24, 2.45) is 0 Å². The quantitative estimate of drug-likeness (QED) is 0.288. The van der Waals surface area contributed by atoms with Crippen LogP contribution < -0.4 is 0 Å². The molecule has 0 aliphatic carbocycles. The van der Waals surface area contributed by atoms with Gasteiger partial charge in [0.1, 0.15) is 0 Å². The van der Waals surface area contributed by atoms with Crippen molar-refractivity contribution in [1.82, 2.24) is 0 Å². The van der Waals surface area contributed by atoms with E-state index in [0.717, 1.165) is 0 Å². The second-order valence-corrected chi connectivity index (χ2v) is 0. The molecule has 0 aliphatic heterocycles. The second-order valence-electron chi connectivity index (χ2n) is 0. The molecule has 0 aliphatic rings. The van der Waals surface area contributed by atoms with Crippen molar-refractivity contribution in [1.29, 1.82) is 0 Å². The van der Waals surface area contributed by atoms with E-state index in [9.17, 15) is 0 Å². The van der Waals surface area contributed by atoms with Crippen LogP contribution in [0.5, 0.6) is 0 Å². The predicted molar refractivity (Wildman–Crippen MR) is 142 cm³/mol. The summed E-state index contributed by atoms with van der Waals surface area (Å²) in [6.45, 7) is 40.0. The Labute approximate surface area is 256 Å². The molecule has 0 aromatic carbocycles. The van der Waals surface area contributed by atoms with E-state index in [-0.39, 0.29) is 149 Å². The molecule has 0 amide bonds. The fourth-order valence-electron chi connectivity index (χ4n) is 0. The van der Waals surface area contributed by atoms with E-state index < -0.39 is 0 Å². The normalized spacial score (nSPS) is 2.18. The molecule has 0 rings (SSSR count). The summed E-state index contributed by atoms with van der Waals surface area (Å²) in [5.74, 6) is 0. The zero-order valence-electron chi connectivity index (χ0n) is 16.4. The van der Waals surface area contributed by atoms with Gasteiger partial charge < -0.3 is 0 Å². The van der Waals surface area contributed by atoms with E-state index in [1.165, 1.54) is 0 Å². The van der Waals surface area contributed by atoms with E-state index in [1.54, 1.807) is 55.4 Å². The van der Waals surface area contributed by atoms with Crippen molar-refractivity contribution in [3.05, 3.63) is 55.4 Å². The van der Waals surface area contributed by atoms with Gasteiger partial charge in [0.05, 0.1) is 0 Å². The molecule has 153 valence electrons. The van der Waals surface area contributed by atoms with Gasteiger partial charge in [-0.1, -0.05) is 111 Å². The molecule has 0 saturated heterocycles. The SMILES string of the molecule is [Bi].[Bi].[Bi].[Bi].[CH2]C.[CH2]C.[CH2]C.[CH2]C.[CH2]C.[CH2]C.[CH2]C.[CH2]C.[HH].[HH].[HH].[HH].[HH].[HH].[HH].[SeH2].[SeH]. The van der Waals surface area contributed by atoms with Crippen LogP contribution in [0, 0.1) is 55.4 Å². The first kappa shape index (κ1) is 110. The third-order valence-electron chi connectivity index (χ3n) is 0. The molecule has 0 nitrogen and oxygen atoms in total. The van der Waals surface area contributed by atoms with Crippen molar-refractivity contribution in [3.63, 3.8) is 0 Å². The van der Waals surface area contributed by atoms with Crippen LogP contribution in [0.2, 0.25) is 0 Å². The van der Waals surface area contributed by atoms with Crippen LogP contribution in [-0.4, -0.2) is 139 Å². The van der Waals surface area contributed by atoms with Gasteiger partial charge in [-0.2, -0.15) is 0 Å². The Hall–Kier alpha value is 4.57. The van der Waals surface area contributed by atoms with Crippen molar-refractivity contribution in [3.8, 4) is 0 Å². The van der Waals surface area contributed by atoms with E-state index in [4.69, 9.17) is 0 Å². The first-order chi connectivity index (χ1) is 8.00. The van der Waals surface area contributed by atoms with E-state index in [1.807, 2.05) is 0 Å². The Bertz CT molecular complexity index is 47.2. The van der Waals surface area contributed by atoms with Crippen LogP contribution in [-0.2, 0) is 0 Å². The van der Waals surface area contributed by atoms with Gasteiger partial charge in [-0.25, -0.2) is 0 Å². The van der Waals surface area contributed by atoms with Gasteiger partial charge in [-0.05, 0) is 0 Å². The molecule has 0 heterocycles. The molecule has 0 saturated carbocycles. The summed E-state index contributed by atoms with van der Waals surface area (Å²) in [4.78, 5) is 0. The summed E-state index contributed by atoms with van der Waals surface area (Å²) >= 11 is 0. The van der Waals surface area contributed by atoms with Crippen LogP contribution in [0.3, 0.4) is 0 Å². The summed E-state index contributed by atoms with van der Waals surface area (Å²) < 4.78 is 0. The summed E-state index contributed by atoms with van der Waals surface area (Å²) in [5, 5.41) is 0. The van der Waals surface area contributed by atoms with Gasteiger partial charge in [-0.15, -0.1) is 0 Å². The Kier molecular flexibility index (Phi) is 3690. The predicted octanol–water partition coefficient (Wildman–Crippen LogP) is 5.36. The molecule has 0 atom stereocenters. The van der Waals surface area contributed by atoms with Crippen molar-refractivity contribution >= 4 is 139 Å². The van der Waals surface area contributed by atoms with E-state index in [0.29, 0.717) is 0 Å². The monoisotopic (exact) mass is 1250 g/mol. The second kappa shape index (κ2) is 739. The maximum absolute atomic E-state index is 3.25. The zero-order chi connectivity index (χ0) is 16.0. The molecule has 0 spiro atoms. The fourth-order valence-corrected chi connectivity index (χ4v) is 0. The van der Waals surface area contributed by atoms with Crippen molar-refractivity contribution in [2.45, 2.75) is 55.4 Å². The average Bonchev–Trinajstić information content (AvgIpc) is 2.54. The summed E-state index contributed by atoms with van der Waals surface area (Å²) in [6.07, 6.45) is 0. The molecule has 0 aromatic heterocycles. The van der Waals surface area contributed by atoms with Gasteiger partial charge in [0.25, 0.3) is 0 Å². The van der Waals surface area contributed by atoms with Gasteiger partial charge >= 0.3 is 34.1 Å². The summed E-state index contributed by atoms with van der Waals surface area (Å²) in [5.41, 5.74) is 0. The van der Waals surface area contributed by atoms with Crippen LogP contribution >= 0.6 is 0 Å². The number of hydrogen-bond donors (Lipinski definition) is 0. The molecular formula is C16H57Bi4Se2. The average molecular weight is 1240 g/mol. The topological polar surface area (TPSA) is 0 Å². The van der Waals surface area contributed by atoms with Gasteiger partial charge in [0.2, 0.25) is 0 Å². The third kappa shape index (κ3) is 653. The number of rotatable bonds is 0. The molecule has 0 bridgehead atoms. The minimum atomic E-state index is 0. The van der Waals surface area contributed by atoms with Crippen LogP contribution in [0.1, 0.15) is 65.4 Å².